The number of amides is 2. The summed E-state index contributed by atoms with van der Waals surface area (Å²) in [5.41, 5.74) is 0.827. The molecule has 0 aromatic carbocycles. The quantitative estimate of drug-likeness (QED) is 0.782. The fraction of sp³-hybridized carbons (Fsp3) is 0.529. The van der Waals surface area contributed by atoms with Crippen molar-refractivity contribution < 1.29 is 9.59 Å². The molecule has 0 N–H and O–H groups in total. The van der Waals surface area contributed by atoms with Crippen LogP contribution < -0.4 is 4.90 Å². The van der Waals surface area contributed by atoms with Gasteiger partial charge in [-0.25, -0.2) is 9.50 Å². The summed E-state index contributed by atoms with van der Waals surface area (Å²) >= 11 is 0. The molecular weight excluding hydrogens is 320 g/mol. The Morgan fingerprint density at radius 2 is 2.00 bits per heavy atom. The first-order valence-corrected chi connectivity index (χ1v) is 8.70. The minimum atomic E-state index is -0.0605. The highest BCUT2D eigenvalue weighted by atomic mass is 16.2. The third kappa shape index (κ3) is 3.04. The molecule has 2 aliphatic heterocycles. The van der Waals surface area contributed by atoms with E-state index in [0.29, 0.717) is 32.5 Å². The Balaban J connectivity index is 1.37. The number of piperazine rings is 1. The normalized spacial score (nSPS) is 21.9. The first-order valence-electron chi connectivity index (χ1n) is 8.70. The lowest BCUT2D eigenvalue weighted by Gasteiger charge is -2.38. The number of carbonyl (C=O) groups is 2. The van der Waals surface area contributed by atoms with Crippen molar-refractivity contribution in [2.75, 3.05) is 44.7 Å². The minimum Gasteiger partial charge on any atom is -0.352 e. The molecule has 4 rings (SSSR count). The Morgan fingerprint density at radius 1 is 1.20 bits per heavy atom. The molecule has 1 atom stereocenters. The molecule has 2 aromatic rings. The van der Waals surface area contributed by atoms with Gasteiger partial charge in [-0.05, 0) is 18.6 Å². The first kappa shape index (κ1) is 15.9. The number of hydrogen-bond acceptors (Lipinski definition) is 5. The zero-order valence-electron chi connectivity index (χ0n) is 14.3. The topological polar surface area (TPSA) is 74.1 Å². The number of carbonyl (C=O) groups excluding carboxylic acids is 2. The molecular formula is C17H22N6O2. The van der Waals surface area contributed by atoms with Crippen LogP contribution in [-0.4, -0.2) is 76.0 Å². The summed E-state index contributed by atoms with van der Waals surface area (Å²) in [4.78, 5) is 34.3. The van der Waals surface area contributed by atoms with E-state index < -0.39 is 0 Å². The first-order chi connectivity index (χ1) is 12.1. The van der Waals surface area contributed by atoms with E-state index in [-0.39, 0.29) is 17.7 Å². The molecule has 2 aliphatic rings. The van der Waals surface area contributed by atoms with Crippen molar-refractivity contribution in [2.45, 2.75) is 12.8 Å². The van der Waals surface area contributed by atoms with E-state index in [1.807, 2.05) is 23.2 Å². The highest BCUT2D eigenvalue weighted by Crippen LogP contribution is 2.21. The van der Waals surface area contributed by atoms with Gasteiger partial charge in [0.05, 0.1) is 5.92 Å². The van der Waals surface area contributed by atoms with Gasteiger partial charge in [0.25, 0.3) is 0 Å². The third-order valence-electron chi connectivity index (χ3n) is 5.13. The highest BCUT2D eigenvalue weighted by molar-refractivity contribution is 5.84. The van der Waals surface area contributed by atoms with Gasteiger partial charge in [-0.3, -0.25) is 9.59 Å². The highest BCUT2D eigenvalue weighted by Gasteiger charge is 2.32. The summed E-state index contributed by atoms with van der Waals surface area (Å²) < 4.78 is 1.77. The largest absolute Gasteiger partial charge is 0.352 e. The maximum atomic E-state index is 12.7. The number of piperidine rings is 1. The molecule has 8 heteroatoms. The van der Waals surface area contributed by atoms with E-state index in [1.54, 1.807) is 22.7 Å². The predicted octanol–water partition coefficient (Wildman–Crippen LogP) is 0.246. The lowest BCUT2D eigenvalue weighted by Crippen LogP contribution is -2.53. The van der Waals surface area contributed by atoms with Crippen LogP contribution in [0.1, 0.15) is 12.8 Å². The van der Waals surface area contributed by atoms with Gasteiger partial charge in [-0.2, -0.15) is 0 Å². The number of likely N-dealkylation sites (tertiary alicyclic amines) is 1. The molecule has 4 heterocycles. The summed E-state index contributed by atoms with van der Waals surface area (Å²) in [6.07, 6.45) is 4.71. The van der Waals surface area contributed by atoms with Crippen LogP contribution in [0.2, 0.25) is 0 Å². The van der Waals surface area contributed by atoms with Gasteiger partial charge < -0.3 is 14.7 Å². The Bertz CT molecular complexity index is 795. The molecule has 132 valence electrons. The van der Waals surface area contributed by atoms with Gasteiger partial charge in [0.2, 0.25) is 11.8 Å². The molecule has 2 saturated heterocycles. The van der Waals surface area contributed by atoms with E-state index in [9.17, 15) is 9.59 Å². The van der Waals surface area contributed by atoms with Gasteiger partial charge in [0, 0.05) is 58.6 Å². The van der Waals surface area contributed by atoms with Crippen LogP contribution in [0, 0.1) is 5.92 Å². The summed E-state index contributed by atoms with van der Waals surface area (Å²) in [5.74, 6) is 1.15. The number of imidazole rings is 1. The summed E-state index contributed by atoms with van der Waals surface area (Å²) in [5, 5.41) is 4.57. The average molecular weight is 342 g/mol. The monoisotopic (exact) mass is 342 g/mol. The van der Waals surface area contributed by atoms with Gasteiger partial charge in [0.15, 0.2) is 5.65 Å². The molecule has 0 radical (unpaired) electrons. The van der Waals surface area contributed by atoms with Crippen molar-refractivity contribution in [1.29, 1.82) is 0 Å². The zero-order valence-corrected chi connectivity index (χ0v) is 14.3. The van der Waals surface area contributed by atoms with E-state index in [1.165, 1.54) is 0 Å². The van der Waals surface area contributed by atoms with Crippen molar-refractivity contribution in [1.82, 2.24) is 24.4 Å². The van der Waals surface area contributed by atoms with E-state index in [0.717, 1.165) is 24.6 Å². The number of rotatable bonds is 2. The fourth-order valence-corrected chi connectivity index (χ4v) is 3.60. The van der Waals surface area contributed by atoms with Crippen LogP contribution in [-0.2, 0) is 9.59 Å². The number of nitrogens with zero attached hydrogens (tertiary/aromatic N) is 6. The SMILES string of the molecule is CN1C[C@@H](C(=O)N2CCN(c3ccc4nccn4n3)CC2)CCC1=O. The van der Waals surface area contributed by atoms with Gasteiger partial charge >= 0.3 is 0 Å². The molecule has 0 bridgehead atoms. The minimum absolute atomic E-state index is 0.0605. The maximum absolute atomic E-state index is 12.7. The van der Waals surface area contributed by atoms with E-state index in [4.69, 9.17) is 0 Å². The Morgan fingerprint density at radius 3 is 2.76 bits per heavy atom. The number of anilines is 1. The molecule has 2 fully saturated rings. The molecule has 2 aromatic heterocycles. The Kier molecular flexibility index (Phi) is 4.03. The van der Waals surface area contributed by atoms with Crippen molar-refractivity contribution in [3.63, 3.8) is 0 Å². The second kappa shape index (κ2) is 6.34. The van der Waals surface area contributed by atoms with Gasteiger partial charge in [-0.15, -0.1) is 5.10 Å². The summed E-state index contributed by atoms with van der Waals surface area (Å²) in [6, 6.07) is 3.93. The second-order valence-corrected chi connectivity index (χ2v) is 6.74. The fourth-order valence-electron chi connectivity index (χ4n) is 3.60. The molecule has 0 unspecified atom stereocenters. The molecule has 0 aliphatic carbocycles. The van der Waals surface area contributed by atoms with E-state index >= 15 is 0 Å². The number of aromatic nitrogens is 3. The lowest BCUT2D eigenvalue weighted by atomic mass is 9.96. The standard InChI is InChI=1S/C17H22N6O2/c1-20-12-13(2-5-16(20)24)17(25)22-10-8-21(9-11-22)15-4-3-14-18-6-7-23(14)19-15/h3-4,6-7,13H,2,5,8-12H2,1H3/t13-/m0/s1. The van der Waals surface area contributed by atoms with Crippen molar-refractivity contribution in [3.8, 4) is 0 Å². The average Bonchev–Trinajstić information content (AvgIpc) is 3.11. The van der Waals surface area contributed by atoms with E-state index in [2.05, 4.69) is 15.0 Å². The van der Waals surface area contributed by atoms with Crippen LogP contribution >= 0.6 is 0 Å². The molecule has 0 spiro atoms. The van der Waals surface area contributed by atoms with Crippen molar-refractivity contribution in [2.24, 2.45) is 5.92 Å². The van der Waals surface area contributed by atoms with Crippen molar-refractivity contribution >= 4 is 23.3 Å². The smallest absolute Gasteiger partial charge is 0.227 e. The molecule has 8 nitrogen and oxygen atoms in total. The van der Waals surface area contributed by atoms with Gasteiger partial charge in [0.1, 0.15) is 5.82 Å². The maximum Gasteiger partial charge on any atom is 0.227 e. The lowest BCUT2D eigenvalue weighted by molar-refractivity contribution is -0.142. The number of hydrogen-bond donors (Lipinski definition) is 0. The zero-order chi connectivity index (χ0) is 17.4. The molecule has 2 amide bonds. The summed E-state index contributed by atoms with van der Waals surface area (Å²) in [6.45, 7) is 3.45. The molecule has 0 saturated carbocycles. The molecule has 25 heavy (non-hydrogen) atoms. The van der Waals surface area contributed by atoms with Crippen LogP contribution in [0.15, 0.2) is 24.5 Å². The Hall–Kier alpha value is -2.64. The van der Waals surface area contributed by atoms with Crippen LogP contribution in [0.4, 0.5) is 5.82 Å². The van der Waals surface area contributed by atoms with Crippen LogP contribution in [0.3, 0.4) is 0 Å². The van der Waals surface area contributed by atoms with Crippen molar-refractivity contribution in [3.05, 3.63) is 24.5 Å². The second-order valence-electron chi connectivity index (χ2n) is 6.74. The predicted molar refractivity (Wildman–Crippen MR) is 92.1 cm³/mol. The van der Waals surface area contributed by atoms with Crippen LogP contribution in [0.5, 0.6) is 0 Å². The summed E-state index contributed by atoms with van der Waals surface area (Å²) in [7, 11) is 1.78. The van der Waals surface area contributed by atoms with Crippen LogP contribution in [0.25, 0.3) is 5.65 Å². The third-order valence-corrected chi connectivity index (χ3v) is 5.13. The number of fused-ring (bicyclic) bond motifs is 1. The Labute approximate surface area is 146 Å². The van der Waals surface area contributed by atoms with Gasteiger partial charge in [-0.1, -0.05) is 0 Å².